The number of ether oxygens (including phenoxy) is 3. The van der Waals surface area contributed by atoms with Gasteiger partial charge in [0, 0.05) is 30.8 Å². The van der Waals surface area contributed by atoms with Crippen LogP contribution in [0.5, 0.6) is 5.75 Å². The number of amides is 1. The normalized spacial score (nSPS) is 16.1. The fraction of sp³-hybridized carbons (Fsp3) is 0.292. The zero-order valence-electron chi connectivity index (χ0n) is 18.6. The Morgan fingerprint density at radius 2 is 1.94 bits per heavy atom. The summed E-state index contributed by atoms with van der Waals surface area (Å²) >= 11 is 0. The smallest absolute Gasteiger partial charge is 0.407 e. The maximum Gasteiger partial charge on any atom is 0.407 e. The highest BCUT2D eigenvalue weighted by molar-refractivity contribution is 7.90. The van der Waals surface area contributed by atoms with Gasteiger partial charge in [0.15, 0.2) is 6.29 Å². The Kier molecular flexibility index (Phi) is 7.18. The minimum absolute atomic E-state index is 0.00336. The molecule has 1 amide bonds. The van der Waals surface area contributed by atoms with Crippen LogP contribution in [0.25, 0.3) is 11.3 Å². The molecular weight excluding hydrogens is 463 g/mol. The summed E-state index contributed by atoms with van der Waals surface area (Å²) in [7, 11) is -2.69. The molecule has 10 heteroatoms. The summed E-state index contributed by atoms with van der Waals surface area (Å²) < 4.78 is 58.9. The molecule has 3 aromatic rings. The fourth-order valence-corrected chi connectivity index (χ4v) is 5.01. The van der Waals surface area contributed by atoms with E-state index in [1.807, 2.05) is 0 Å². The summed E-state index contributed by atoms with van der Waals surface area (Å²) in [6, 6.07) is 13.3. The van der Waals surface area contributed by atoms with Gasteiger partial charge in [0.25, 0.3) is 10.0 Å². The van der Waals surface area contributed by atoms with E-state index in [0.717, 1.165) is 23.2 Å². The molecule has 0 bridgehead atoms. The van der Waals surface area contributed by atoms with Gasteiger partial charge in [-0.15, -0.1) is 0 Å². The lowest BCUT2D eigenvalue weighted by Crippen LogP contribution is -2.25. The van der Waals surface area contributed by atoms with Gasteiger partial charge in [0.1, 0.15) is 18.2 Å². The Morgan fingerprint density at radius 1 is 1.18 bits per heavy atom. The van der Waals surface area contributed by atoms with E-state index in [9.17, 15) is 17.6 Å². The Labute approximate surface area is 197 Å². The zero-order chi connectivity index (χ0) is 24.1. The van der Waals surface area contributed by atoms with Gasteiger partial charge in [0.2, 0.25) is 0 Å². The first-order valence-corrected chi connectivity index (χ1v) is 12.3. The number of benzene rings is 2. The lowest BCUT2D eigenvalue weighted by molar-refractivity contribution is -0.105. The van der Waals surface area contributed by atoms with Crippen LogP contribution < -0.4 is 10.1 Å². The van der Waals surface area contributed by atoms with Gasteiger partial charge in [-0.2, -0.15) is 0 Å². The molecule has 180 valence electrons. The van der Waals surface area contributed by atoms with Crippen molar-refractivity contribution in [3.8, 4) is 17.0 Å². The molecule has 4 rings (SSSR count). The van der Waals surface area contributed by atoms with Crippen LogP contribution in [0, 0.1) is 5.82 Å². The van der Waals surface area contributed by atoms with Crippen molar-refractivity contribution in [1.82, 2.24) is 9.29 Å². The van der Waals surface area contributed by atoms with Crippen LogP contribution >= 0.6 is 0 Å². The maximum absolute atomic E-state index is 14.6. The summed E-state index contributed by atoms with van der Waals surface area (Å²) in [5, 5.41) is 2.32. The predicted molar refractivity (Wildman–Crippen MR) is 122 cm³/mol. The summed E-state index contributed by atoms with van der Waals surface area (Å²) in [6.07, 6.45) is 3.08. The summed E-state index contributed by atoms with van der Waals surface area (Å²) in [6.45, 7) is 0.452. The lowest BCUT2D eigenvalue weighted by Gasteiger charge is -2.23. The van der Waals surface area contributed by atoms with E-state index in [0.29, 0.717) is 17.9 Å². The number of rotatable bonds is 7. The third-order valence-electron chi connectivity index (χ3n) is 5.35. The molecule has 1 N–H and O–H groups in total. The first-order valence-electron chi connectivity index (χ1n) is 10.8. The lowest BCUT2D eigenvalue weighted by atomic mass is 10.1. The van der Waals surface area contributed by atoms with Gasteiger partial charge in [0.05, 0.1) is 17.2 Å². The van der Waals surface area contributed by atoms with Gasteiger partial charge >= 0.3 is 6.09 Å². The Hall–Kier alpha value is -3.37. The quantitative estimate of drug-likeness (QED) is 0.533. The molecule has 1 atom stereocenters. The van der Waals surface area contributed by atoms with Crippen molar-refractivity contribution in [1.29, 1.82) is 0 Å². The Bertz CT molecular complexity index is 1250. The van der Waals surface area contributed by atoms with Crippen LogP contribution in [0.1, 0.15) is 24.8 Å². The maximum atomic E-state index is 14.6. The average Bonchev–Trinajstić information content (AvgIpc) is 3.29. The third-order valence-corrected chi connectivity index (χ3v) is 7.04. The zero-order valence-corrected chi connectivity index (χ0v) is 19.4. The van der Waals surface area contributed by atoms with E-state index in [-0.39, 0.29) is 29.0 Å². The second-order valence-electron chi connectivity index (χ2n) is 7.73. The fourth-order valence-electron chi connectivity index (χ4n) is 3.62. The molecule has 1 unspecified atom stereocenters. The largest absolute Gasteiger partial charge is 0.465 e. The van der Waals surface area contributed by atoms with Crippen molar-refractivity contribution in [3.63, 3.8) is 0 Å². The van der Waals surface area contributed by atoms with E-state index >= 15 is 0 Å². The molecule has 0 spiro atoms. The van der Waals surface area contributed by atoms with Crippen LogP contribution in [0.2, 0.25) is 0 Å². The Morgan fingerprint density at radius 3 is 2.62 bits per heavy atom. The minimum Gasteiger partial charge on any atom is -0.465 e. The number of aromatic nitrogens is 1. The first-order chi connectivity index (χ1) is 16.4. The number of carbonyl (C=O) groups excluding carboxylic acids is 1. The monoisotopic (exact) mass is 488 g/mol. The van der Waals surface area contributed by atoms with E-state index in [4.69, 9.17) is 14.2 Å². The number of halogens is 1. The standard InChI is InChI=1S/C24H25FN2O6S/c1-26-24(28)32-16-17-14-22(20-6-2-3-7-21(20)25)27(15-17)34(29,30)19-11-9-18(10-12-19)33-23-8-4-5-13-31-23/h2-3,6-7,9-12,14-15,23H,4-5,8,13,16H2,1H3,(H,26,28). The highest BCUT2D eigenvalue weighted by atomic mass is 32.2. The van der Waals surface area contributed by atoms with Crippen LogP contribution in [0.15, 0.2) is 65.7 Å². The number of hydrogen-bond donors (Lipinski definition) is 1. The van der Waals surface area contributed by atoms with E-state index in [2.05, 4.69) is 5.32 Å². The third kappa shape index (κ3) is 5.23. The molecule has 0 aliphatic carbocycles. The molecular formula is C24H25FN2O6S. The molecule has 1 aliphatic rings. The van der Waals surface area contributed by atoms with Gasteiger partial charge in [-0.05, 0) is 55.3 Å². The molecule has 1 saturated heterocycles. The van der Waals surface area contributed by atoms with Crippen molar-refractivity contribution in [2.45, 2.75) is 37.1 Å². The van der Waals surface area contributed by atoms with Crippen molar-refractivity contribution >= 4 is 16.1 Å². The van der Waals surface area contributed by atoms with Crippen LogP contribution in [0.4, 0.5) is 9.18 Å². The molecule has 0 saturated carbocycles. The van der Waals surface area contributed by atoms with Crippen molar-refractivity contribution < 1.29 is 31.8 Å². The van der Waals surface area contributed by atoms with Gasteiger partial charge in [-0.25, -0.2) is 21.6 Å². The molecule has 34 heavy (non-hydrogen) atoms. The molecule has 1 aliphatic heterocycles. The molecule has 2 aromatic carbocycles. The average molecular weight is 489 g/mol. The minimum atomic E-state index is -4.10. The highest BCUT2D eigenvalue weighted by Gasteiger charge is 2.24. The topological polar surface area (TPSA) is 95.9 Å². The molecule has 8 nitrogen and oxygen atoms in total. The van der Waals surface area contributed by atoms with Gasteiger partial charge < -0.3 is 19.5 Å². The predicted octanol–water partition coefficient (Wildman–Crippen LogP) is 4.29. The second-order valence-corrected chi connectivity index (χ2v) is 9.54. The number of nitrogens with one attached hydrogen (secondary N) is 1. The Balaban J connectivity index is 1.66. The van der Waals surface area contributed by atoms with E-state index in [1.165, 1.54) is 49.6 Å². The number of hydrogen-bond acceptors (Lipinski definition) is 6. The summed E-state index contributed by atoms with van der Waals surface area (Å²) in [5.74, 6) is -0.0839. The molecule has 2 heterocycles. The van der Waals surface area contributed by atoms with Crippen LogP contribution in [-0.2, 0) is 26.1 Å². The van der Waals surface area contributed by atoms with Crippen LogP contribution in [0.3, 0.4) is 0 Å². The number of nitrogens with zero attached hydrogens (tertiary/aromatic N) is 1. The van der Waals surface area contributed by atoms with Crippen LogP contribution in [-0.4, -0.2) is 38.4 Å². The second kappa shape index (κ2) is 10.3. The molecule has 1 fully saturated rings. The van der Waals surface area contributed by atoms with Crippen molar-refractivity contribution in [2.75, 3.05) is 13.7 Å². The highest BCUT2D eigenvalue weighted by Crippen LogP contribution is 2.30. The first kappa shape index (κ1) is 23.8. The SMILES string of the molecule is CNC(=O)OCc1cc(-c2ccccc2F)n(S(=O)(=O)c2ccc(OC3CCCCO3)cc2)c1. The summed E-state index contributed by atoms with van der Waals surface area (Å²) in [5.41, 5.74) is 0.607. The van der Waals surface area contributed by atoms with Crippen molar-refractivity contribution in [2.24, 2.45) is 0 Å². The number of carbonyl (C=O) groups is 1. The van der Waals surface area contributed by atoms with Crippen molar-refractivity contribution in [3.05, 3.63) is 72.2 Å². The van der Waals surface area contributed by atoms with E-state index in [1.54, 1.807) is 18.2 Å². The van der Waals surface area contributed by atoms with Gasteiger partial charge in [-0.1, -0.05) is 12.1 Å². The van der Waals surface area contributed by atoms with Gasteiger partial charge in [-0.3, -0.25) is 0 Å². The van der Waals surface area contributed by atoms with E-state index < -0.39 is 21.9 Å². The number of alkyl carbamates (subject to hydrolysis) is 1. The summed E-state index contributed by atoms with van der Waals surface area (Å²) in [4.78, 5) is 11.5. The molecule has 1 aromatic heterocycles. The molecule has 0 radical (unpaired) electrons.